The summed E-state index contributed by atoms with van der Waals surface area (Å²) in [5, 5.41) is 0. The normalized spacial score (nSPS) is 40.7. The van der Waals surface area contributed by atoms with Crippen LogP contribution in [0.2, 0.25) is 0 Å². The van der Waals surface area contributed by atoms with Crippen LogP contribution in [0, 0.1) is 23.2 Å². The summed E-state index contributed by atoms with van der Waals surface area (Å²) < 4.78 is 0. The number of rotatable bonds is 2. The maximum Gasteiger partial charge on any atom is 0.222 e. The number of carbonyl (C=O) groups excluding carboxylic acids is 1. The molecule has 108 valence electrons. The Morgan fingerprint density at radius 1 is 1.26 bits per heavy atom. The van der Waals surface area contributed by atoms with E-state index in [0.717, 1.165) is 37.8 Å². The number of amides is 1. The van der Waals surface area contributed by atoms with Crippen LogP contribution in [0.5, 0.6) is 0 Å². The van der Waals surface area contributed by atoms with E-state index in [2.05, 4.69) is 18.7 Å². The fourth-order valence-electron chi connectivity index (χ4n) is 4.57. The van der Waals surface area contributed by atoms with E-state index < -0.39 is 0 Å². The van der Waals surface area contributed by atoms with E-state index in [1.165, 1.54) is 25.7 Å². The molecule has 1 heterocycles. The van der Waals surface area contributed by atoms with Gasteiger partial charge in [-0.2, -0.15) is 0 Å². The molecule has 3 fully saturated rings. The second-order valence-corrected chi connectivity index (χ2v) is 7.84. The molecule has 2 aliphatic carbocycles. The summed E-state index contributed by atoms with van der Waals surface area (Å²) in [6.07, 6.45) is 7.25. The number of nitrogens with two attached hydrogens (primary N) is 1. The Labute approximate surface area is 116 Å². The molecule has 1 saturated heterocycles. The monoisotopic (exact) mass is 264 g/mol. The SMILES string of the molecule is CC1(C)CN(C(=O)CC2CC3CCC2C3)CCC1N. The van der Waals surface area contributed by atoms with Gasteiger partial charge < -0.3 is 10.6 Å². The molecule has 3 nitrogen and oxygen atoms in total. The summed E-state index contributed by atoms with van der Waals surface area (Å²) in [6, 6.07) is 0.235. The molecule has 2 saturated carbocycles. The van der Waals surface area contributed by atoms with Gasteiger partial charge in [-0.1, -0.05) is 20.3 Å². The highest BCUT2D eigenvalue weighted by Gasteiger charge is 2.42. The molecule has 4 unspecified atom stereocenters. The van der Waals surface area contributed by atoms with Crippen LogP contribution >= 0.6 is 0 Å². The molecule has 19 heavy (non-hydrogen) atoms. The largest absolute Gasteiger partial charge is 0.342 e. The Kier molecular flexibility index (Phi) is 3.36. The lowest BCUT2D eigenvalue weighted by atomic mass is 9.79. The predicted molar refractivity (Wildman–Crippen MR) is 76.5 cm³/mol. The van der Waals surface area contributed by atoms with Gasteiger partial charge in [0.2, 0.25) is 5.91 Å². The Morgan fingerprint density at radius 2 is 2.05 bits per heavy atom. The van der Waals surface area contributed by atoms with Gasteiger partial charge in [-0.05, 0) is 48.9 Å². The molecule has 0 aromatic heterocycles. The summed E-state index contributed by atoms with van der Waals surface area (Å²) in [6.45, 7) is 6.08. The fraction of sp³-hybridized carbons (Fsp3) is 0.938. The first-order valence-corrected chi connectivity index (χ1v) is 7.99. The summed E-state index contributed by atoms with van der Waals surface area (Å²) in [4.78, 5) is 14.6. The topological polar surface area (TPSA) is 46.3 Å². The highest BCUT2D eigenvalue weighted by atomic mass is 16.2. The van der Waals surface area contributed by atoms with Crippen LogP contribution in [0.4, 0.5) is 0 Å². The zero-order chi connectivity index (χ0) is 13.6. The van der Waals surface area contributed by atoms with E-state index in [0.29, 0.717) is 11.8 Å². The molecular formula is C16H28N2O. The number of carbonyl (C=O) groups is 1. The van der Waals surface area contributed by atoms with Gasteiger partial charge in [-0.15, -0.1) is 0 Å². The van der Waals surface area contributed by atoms with Crippen molar-refractivity contribution in [3.8, 4) is 0 Å². The lowest BCUT2D eigenvalue weighted by molar-refractivity contribution is -0.136. The molecule has 1 amide bonds. The number of likely N-dealkylation sites (tertiary alicyclic amines) is 1. The van der Waals surface area contributed by atoms with Crippen LogP contribution in [0.25, 0.3) is 0 Å². The fourth-order valence-corrected chi connectivity index (χ4v) is 4.57. The minimum Gasteiger partial charge on any atom is -0.342 e. The highest BCUT2D eigenvalue weighted by Crippen LogP contribution is 2.49. The zero-order valence-corrected chi connectivity index (χ0v) is 12.4. The van der Waals surface area contributed by atoms with Crippen molar-refractivity contribution in [1.29, 1.82) is 0 Å². The third-order valence-electron chi connectivity index (χ3n) is 5.99. The van der Waals surface area contributed by atoms with Crippen LogP contribution in [0.15, 0.2) is 0 Å². The highest BCUT2D eigenvalue weighted by molar-refractivity contribution is 5.76. The van der Waals surface area contributed by atoms with Crippen LogP contribution in [-0.2, 0) is 4.79 Å². The number of hydrogen-bond donors (Lipinski definition) is 1. The smallest absolute Gasteiger partial charge is 0.222 e. The van der Waals surface area contributed by atoms with Crippen LogP contribution in [0.3, 0.4) is 0 Å². The number of nitrogens with zero attached hydrogens (tertiary/aromatic N) is 1. The average Bonchev–Trinajstić information content (AvgIpc) is 2.94. The molecule has 3 aliphatic rings. The minimum absolute atomic E-state index is 0.0720. The molecular weight excluding hydrogens is 236 g/mol. The van der Waals surface area contributed by atoms with Crippen molar-refractivity contribution >= 4 is 5.91 Å². The average molecular weight is 264 g/mol. The van der Waals surface area contributed by atoms with Gasteiger partial charge in [-0.3, -0.25) is 4.79 Å². The van der Waals surface area contributed by atoms with Gasteiger partial charge >= 0.3 is 0 Å². The molecule has 3 rings (SSSR count). The third-order valence-corrected chi connectivity index (χ3v) is 5.99. The molecule has 0 spiro atoms. The maximum absolute atomic E-state index is 12.5. The number of hydrogen-bond acceptors (Lipinski definition) is 2. The van der Waals surface area contributed by atoms with E-state index in [4.69, 9.17) is 5.73 Å². The van der Waals surface area contributed by atoms with E-state index in [-0.39, 0.29) is 11.5 Å². The molecule has 3 heteroatoms. The van der Waals surface area contributed by atoms with Crippen molar-refractivity contribution in [2.24, 2.45) is 28.9 Å². The van der Waals surface area contributed by atoms with Gasteiger partial charge in [0.15, 0.2) is 0 Å². The number of piperidine rings is 1. The first kappa shape index (κ1) is 13.4. The standard InChI is InChI=1S/C16H28N2O/c1-16(2)10-18(6-5-14(16)17)15(19)9-13-8-11-3-4-12(13)7-11/h11-14H,3-10,17H2,1-2H3. The quantitative estimate of drug-likeness (QED) is 0.832. The van der Waals surface area contributed by atoms with E-state index in [9.17, 15) is 4.79 Å². The lowest BCUT2D eigenvalue weighted by Crippen LogP contribution is -2.54. The van der Waals surface area contributed by atoms with Crippen molar-refractivity contribution in [3.63, 3.8) is 0 Å². The first-order chi connectivity index (χ1) is 8.95. The van der Waals surface area contributed by atoms with Gasteiger partial charge in [0.05, 0.1) is 0 Å². The Balaban J connectivity index is 1.56. The second-order valence-electron chi connectivity index (χ2n) is 7.84. The zero-order valence-electron chi connectivity index (χ0n) is 12.4. The summed E-state index contributed by atoms with van der Waals surface area (Å²) in [5.41, 5.74) is 6.22. The summed E-state index contributed by atoms with van der Waals surface area (Å²) in [5.74, 6) is 2.87. The van der Waals surface area contributed by atoms with Crippen molar-refractivity contribution < 1.29 is 4.79 Å². The van der Waals surface area contributed by atoms with Crippen molar-refractivity contribution in [2.75, 3.05) is 13.1 Å². The number of fused-ring (bicyclic) bond motifs is 2. The molecule has 0 radical (unpaired) electrons. The van der Waals surface area contributed by atoms with Crippen molar-refractivity contribution in [3.05, 3.63) is 0 Å². The van der Waals surface area contributed by atoms with Crippen LogP contribution < -0.4 is 5.73 Å². The molecule has 2 bridgehead atoms. The lowest BCUT2D eigenvalue weighted by Gasteiger charge is -2.43. The minimum atomic E-state index is 0.0720. The first-order valence-electron chi connectivity index (χ1n) is 7.99. The predicted octanol–water partition coefficient (Wildman–Crippen LogP) is 2.40. The van der Waals surface area contributed by atoms with E-state index in [1.807, 2.05) is 0 Å². The third kappa shape index (κ3) is 2.54. The molecule has 4 atom stereocenters. The van der Waals surface area contributed by atoms with Crippen molar-refractivity contribution in [2.45, 2.75) is 58.4 Å². The molecule has 0 aromatic rings. The summed E-state index contributed by atoms with van der Waals surface area (Å²) in [7, 11) is 0. The molecule has 2 N–H and O–H groups in total. The van der Waals surface area contributed by atoms with Gasteiger partial charge in [-0.25, -0.2) is 0 Å². The second kappa shape index (κ2) is 4.76. The Morgan fingerprint density at radius 3 is 2.63 bits per heavy atom. The van der Waals surface area contributed by atoms with E-state index in [1.54, 1.807) is 0 Å². The molecule has 0 aromatic carbocycles. The molecule has 1 aliphatic heterocycles. The Bertz CT molecular complexity index is 366. The Hall–Kier alpha value is -0.570. The maximum atomic E-state index is 12.5. The van der Waals surface area contributed by atoms with Gasteiger partial charge in [0, 0.05) is 25.6 Å². The van der Waals surface area contributed by atoms with Gasteiger partial charge in [0.25, 0.3) is 0 Å². The van der Waals surface area contributed by atoms with Crippen LogP contribution in [0.1, 0.15) is 52.4 Å². The van der Waals surface area contributed by atoms with Crippen molar-refractivity contribution in [1.82, 2.24) is 4.90 Å². The summed E-state index contributed by atoms with van der Waals surface area (Å²) >= 11 is 0. The van der Waals surface area contributed by atoms with Crippen LogP contribution in [-0.4, -0.2) is 29.9 Å². The van der Waals surface area contributed by atoms with Gasteiger partial charge in [0.1, 0.15) is 0 Å². The van der Waals surface area contributed by atoms with E-state index >= 15 is 0 Å².